The van der Waals surface area contributed by atoms with Crippen molar-refractivity contribution in [2.75, 3.05) is 11.9 Å². The number of nitrogens with one attached hydrogen (secondary N) is 1. The fourth-order valence-electron chi connectivity index (χ4n) is 1.83. The molecule has 0 fully saturated rings. The van der Waals surface area contributed by atoms with Gasteiger partial charge >= 0.3 is 0 Å². The lowest BCUT2D eigenvalue weighted by atomic mass is 10.2. The van der Waals surface area contributed by atoms with Crippen LogP contribution in [0.5, 0.6) is 5.75 Å². The molecule has 1 amide bonds. The van der Waals surface area contributed by atoms with Gasteiger partial charge in [0.2, 0.25) is 0 Å². The summed E-state index contributed by atoms with van der Waals surface area (Å²) in [6, 6.07) is 7.57. The van der Waals surface area contributed by atoms with Crippen molar-refractivity contribution < 1.29 is 18.8 Å². The zero-order valence-electron chi connectivity index (χ0n) is 12.0. The molecule has 2 rings (SSSR count). The van der Waals surface area contributed by atoms with E-state index < -0.39 is 16.6 Å². The van der Waals surface area contributed by atoms with Gasteiger partial charge in [-0.3, -0.25) is 14.9 Å². The van der Waals surface area contributed by atoms with Gasteiger partial charge in [-0.25, -0.2) is 4.39 Å². The molecule has 0 aliphatic carbocycles. The van der Waals surface area contributed by atoms with Crippen molar-refractivity contribution in [2.24, 2.45) is 0 Å². The highest BCUT2D eigenvalue weighted by molar-refractivity contribution is 9.10. The maximum Gasteiger partial charge on any atom is 0.271 e. The monoisotopic (exact) mass is 382 g/mol. The predicted molar refractivity (Wildman–Crippen MR) is 86.3 cm³/mol. The van der Waals surface area contributed by atoms with Gasteiger partial charge in [0.25, 0.3) is 11.6 Å². The maximum atomic E-state index is 13.7. The molecule has 0 aliphatic rings. The number of benzene rings is 2. The van der Waals surface area contributed by atoms with Crippen molar-refractivity contribution in [3.05, 3.63) is 62.4 Å². The molecule has 6 nitrogen and oxygen atoms in total. The first kappa shape index (κ1) is 16.9. The number of rotatable bonds is 5. The molecule has 0 atom stereocenters. The van der Waals surface area contributed by atoms with Gasteiger partial charge in [0, 0.05) is 17.7 Å². The minimum atomic E-state index is -0.756. The van der Waals surface area contributed by atoms with Crippen molar-refractivity contribution in [1.29, 1.82) is 0 Å². The quantitative estimate of drug-likeness (QED) is 0.621. The maximum absolute atomic E-state index is 13.7. The van der Waals surface area contributed by atoms with Gasteiger partial charge < -0.3 is 10.1 Å². The predicted octanol–water partition coefficient (Wildman–Crippen LogP) is 4.15. The summed E-state index contributed by atoms with van der Waals surface area (Å²) >= 11 is 3.28. The first-order valence-electron chi connectivity index (χ1n) is 6.60. The number of amides is 1. The van der Waals surface area contributed by atoms with Crippen LogP contribution in [0.25, 0.3) is 0 Å². The standard InChI is InChI=1S/C15H12BrFN2O4/c1-2-23-14-6-3-9(7-11(14)16)15(20)18-13-8-10(19(21)22)4-5-12(13)17/h3-8H,2H2,1H3,(H,18,20). The minimum absolute atomic E-state index is 0.255. The minimum Gasteiger partial charge on any atom is -0.493 e. The Morgan fingerprint density at radius 2 is 2.09 bits per heavy atom. The van der Waals surface area contributed by atoms with Gasteiger partial charge in [-0.05, 0) is 47.1 Å². The molecule has 23 heavy (non-hydrogen) atoms. The number of carbonyl (C=O) groups is 1. The van der Waals surface area contributed by atoms with Gasteiger partial charge in [0.15, 0.2) is 0 Å². The number of non-ortho nitro benzene ring substituents is 1. The summed E-state index contributed by atoms with van der Waals surface area (Å²) < 4.78 is 19.6. The van der Waals surface area contributed by atoms with Crippen LogP contribution in [0.15, 0.2) is 40.9 Å². The van der Waals surface area contributed by atoms with E-state index >= 15 is 0 Å². The summed E-state index contributed by atoms with van der Waals surface area (Å²) in [6.45, 7) is 2.31. The van der Waals surface area contributed by atoms with E-state index in [1.807, 2.05) is 6.92 Å². The summed E-state index contributed by atoms with van der Waals surface area (Å²) in [5, 5.41) is 13.0. The third-order valence-corrected chi connectivity index (χ3v) is 3.52. The molecular formula is C15H12BrFN2O4. The van der Waals surface area contributed by atoms with Crippen molar-refractivity contribution in [3.63, 3.8) is 0 Å². The number of nitro groups is 1. The number of ether oxygens (including phenoxy) is 1. The van der Waals surface area contributed by atoms with Gasteiger partial charge in [-0.2, -0.15) is 0 Å². The van der Waals surface area contributed by atoms with E-state index in [4.69, 9.17) is 4.74 Å². The Kier molecular flexibility index (Phi) is 5.28. The lowest BCUT2D eigenvalue weighted by Gasteiger charge is -2.09. The van der Waals surface area contributed by atoms with Crippen LogP contribution >= 0.6 is 15.9 Å². The second-order valence-electron chi connectivity index (χ2n) is 4.45. The highest BCUT2D eigenvalue weighted by atomic mass is 79.9. The van der Waals surface area contributed by atoms with Crippen LogP contribution in [-0.2, 0) is 0 Å². The molecule has 0 unspecified atom stereocenters. The molecule has 8 heteroatoms. The van der Waals surface area contributed by atoms with Gasteiger partial charge in [-0.1, -0.05) is 0 Å². The van der Waals surface area contributed by atoms with Crippen LogP contribution in [-0.4, -0.2) is 17.4 Å². The lowest BCUT2D eigenvalue weighted by Crippen LogP contribution is -2.13. The largest absolute Gasteiger partial charge is 0.493 e. The van der Waals surface area contributed by atoms with Crippen LogP contribution in [0.4, 0.5) is 15.8 Å². The zero-order valence-corrected chi connectivity index (χ0v) is 13.6. The topological polar surface area (TPSA) is 81.5 Å². The summed E-state index contributed by atoms with van der Waals surface area (Å²) in [7, 11) is 0. The van der Waals surface area contributed by atoms with Crippen LogP contribution in [0.1, 0.15) is 17.3 Å². The number of nitro benzene ring substituents is 1. The molecule has 0 aliphatic heterocycles. The van der Waals surface area contributed by atoms with E-state index in [1.54, 1.807) is 6.07 Å². The summed E-state index contributed by atoms with van der Waals surface area (Å²) in [6.07, 6.45) is 0. The van der Waals surface area contributed by atoms with Crippen LogP contribution in [0.3, 0.4) is 0 Å². The summed E-state index contributed by atoms with van der Waals surface area (Å²) in [5.41, 5.74) is -0.310. The van der Waals surface area contributed by atoms with Gasteiger partial charge in [0.05, 0.1) is 21.7 Å². The third kappa shape index (κ3) is 4.04. The number of hydrogen-bond donors (Lipinski definition) is 1. The first-order valence-corrected chi connectivity index (χ1v) is 7.39. The average molecular weight is 383 g/mol. The number of carbonyl (C=O) groups excluding carboxylic acids is 1. The number of anilines is 1. The fourth-order valence-corrected chi connectivity index (χ4v) is 2.32. The van der Waals surface area contributed by atoms with E-state index in [-0.39, 0.29) is 16.9 Å². The second kappa shape index (κ2) is 7.19. The molecule has 0 spiro atoms. The molecule has 2 aromatic rings. The molecule has 0 saturated heterocycles. The molecule has 2 aromatic carbocycles. The van der Waals surface area contributed by atoms with Crippen molar-refractivity contribution >= 4 is 33.2 Å². The highest BCUT2D eigenvalue weighted by Gasteiger charge is 2.15. The van der Waals surface area contributed by atoms with Crippen molar-refractivity contribution in [2.45, 2.75) is 6.92 Å². The Bertz CT molecular complexity index is 767. The van der Waals surface area contributed by atoms with Crippen LogP contribution in [0.2, 0.25) is 0 Å². The molecule has 120 valence electrons. The molecule has 0 aromatic heterocycles. The normalized spacial score (nSPS) is 10.2. The number of hydrogen-bond acceptors (Lipinski definition) is 4. The molecular weight excluding hydrogens is 371 g/mol. The van der Waals surface area contributed by atoms with Gasteiger partial charge in [0.1, 0.15) is 11.6 Å². The molecule has 0 radical (unpaired) electrons. The highest BCUT2D eigenvalue weighted by Crippen LogP contribution is 2.27. The van der Waals surface area contributed by atoms with Gasteiger partial charge in [-0.15, -0.1) is 0 Å². The Morgan fingerprint density at radius 3 is 2.70 bits per heavy atom. The van der Waals surface area contributed by atoms with Crippen LogP contribution < -0.4 is 10.1 Å². The average Bonchev–Trinajstić information content (AvgIpc) is 2.51. The Hall–Kier alpha value is -2.48. The van der Waals surface area contributed by atoms with Crippen molar-refractivity contribution in [3.8, 4) is 5.75 Å². The van der Waals surface area contributed by atoms with Crippen molar-refractivity contribution in [1.82, 2.24) is 0 Å². The van der Waals surface area contributed by atoms with E-state index in [9.17, 15) is 19.3 Å². The molecule has 0 heterocycles. The first-order chi connectivity index (χ1) is 10.9. The van der Waals surface area contributed by atoms with E-state index in [0.717, 1.165) is 18.2 Å². The third-order valence-electron chi connectivity index (χ3n) is 2.90. The molecule has 1 N–H and O–H groups in total. The number of halogens is 2. The van der Waals surface area contributed by atoms with E-state index in [0.29, 0.717) is 16.8 Å². The smallest absolute Gasteiger partial charge is 0.271 e. The van der Waals surface area contributed by atoms with E-state index in [2.05, 4.69) is 21.2 Å². The Morgan fingerprint density at radius 1 is 1.35 bits per heavy atom. The summed E-state index contributed by atoms with van der Waals surface area (Å²) in [4.78, 5) is 22.2. The molecule has 0 bridgehead atoms. The Labute approximate surface area is 139 Å². The lowest BCUT2D eigenvalue weighted by molar-refractivity contribution is -0.384. The zero-order chi connectivity index (χ0) is 17.0. The SMILES string of the molecule is CCOc1ccc(C(=O)Nc2cc([N+](=O)[O-])ccc2F)cc1Br. The van der Waals surface area contributed by atoms with E-state index in [1.165, 1.54) is 12.1 Å². The second-order valence-corrected chi connectivity index (χ2v) is 5.31. The Balaban J connectivity index is 2.24. The summed E-state index contributed by atoms with van der Waals surface area (Å²) in [5.74, 6) is -0.771. The fraction of sp³-hybridized carbons (Fsp3) is 0.133. The van der Waals surface area contributed by atoms with Crippen LogP contribution in [0, 0.1) is 15.9 Å². The number of nitrogens with zero attached hydrogens (tertiary/aromatic N) is 1. The molecule has 0 saturated carbocycles.